The summed E-state index contributed by atoms with van der Waals surface area (Å²) in [6, 6.07) is 8.63. The Kier molecular flexibility index (Phi) is 6.36. The van der Waals surface area contributed by atoms with E-state index < -0.39 is 0 Å². The lowest BCUT2D eigenvalue weighted by atomic mass is 9.77. The fraction of sp³-hybridized carbons (Fsp3) is 0.556. The second-order valence-corrected chi connectivity index (χ2v) is 5.99. The van der Waals surface area contributed by atoms with Gasteiger partial charge in [-0.1, -0.05) is 41.5 Å². The first kappa shape index (κ1) is 15.7. The third-order valence-corrected chi connectivity index (χ3v) is 4.59. The predicted molar refractivity (Wildman–Crippen MR) is 88.0 cm³/mol. The molecule has 3 heteroatoms. The van der Waals surface area contributed by atoms with Gasteiger partial charge in [-0.2, -0.15) is 0 Å². The van der Waals surface area contributed by atoms with E-state index in [9.17, 15) is 0 Å². The molecule has 112 valence electrons. The Labute approximate surface area is 127 Å². The van der Waals surface area contributed by atoms with Crippen LogP contribution in [0.15, 0.2) is 41.5 Å². The van der Waals surface area contributed by atoms with Gasteiger partial charge in [-0.15, -0.1) is 0 Å². The van der Waals surface area contributed by atoms with Gasteiger partial charge < -0.3 is 0 Å². The standard InChI is InChI=1S/C18H25N3/c1-2-3-4-5-15-6-10-17(11-7-15)18-12-8-16(9-13-18)14-20-21-19/h2-3,8-9,12-13,15,17H,4-7,10-11,14H2,1H3/b3-2+. The number of allylic oxidation sites excluding steroid dienone is 2. The van der Waals surface area contributed by atoms with E-state index in [2.05, 4.69) is 53.4 Å². The van der Waals surface area contributed by atoms with E-state index in [1.54, 1.807) is 0 Å². The Morgan fingerprint density at radius 1 is 1.19 bits per heavy atom. The van der Waals surface area contributed by atoms with E-state index in [0.29, 0.717) is 6.54 Å². The van der Waals surface area contributed by atoms with Crippen molar-refractivity contribution in [3.8, 4) is 0 Å². The van der Waals surface area contributed by atoms with Crippen molar-refractivity contribution in [2.24, 2.45) is 11.0 Å². The third kappa shape index (κ3) is 4.95. The molecule has 1 saturated carbocycles. The molecule has 0 aromatic heterocycles. The van der Waals surface area contributed by atoms with Gasteiger partial charge in [-0.05, 0) is 73.9 Å². The Morgan fingerprint density at radius 3 is 2.52 bits per heavy atom. The highest BCUT2D eigenvalue weighted by molar-refractivity contribution is 5.25. The molecule has 0 radical (unpaired) electrons. The maximum Gasteiger partial charge on any atom is 0.0510 e. The fourth-order valence-corrected chi connectivity index (χ4v) is 3.29. The Balaban J connectivity index is 1.82. The number of benzene rings is 1. The van der Waals surface area contributed by atoms with Gasteiger partial charge in [-0.3, -0.25) is 0 Å². The van der Waals surface area contributed by atoms with E-state index in [1.807, 2.05) is 0 Å². The molecule has 3 nitrogen and oxygen atoms in total. The Hall–Kier alpha value is -1.73. The molecule has 1 fully saturated rings. The summed E-state index contributed by atoms with van der Waals surface area (Å²) >= 11 is 0. The van der Waals surface area contributed by atoms with Crippen LogP contribution >= 0.6 is 0 Å². The summed E-state index contributed by atoms with van der Waals surface area (Å²) in [5.41, 5.74) is 10.9. The number of azide groups is 1. The van der Waals surface area contributed by atoms with Crippen molar-refractivity contribution < 1.29 is 0 Å². The lowest BCUT2D eigenvalue weighted by Crippen LogP contribution is -2.13. The first-order chi connectivity index (χ1) is 10.3. The zero-order chi connectivity index (χ0) is 14.9. The molecule has 0 saturated heterocycles. The highest BCUT2D eigenvalue weighted by Crippen LogP contribution is 2.37. The highest BCUT2D eigenvalue weighted by Gasteiger charge is 2.21. The zero-order valence-corrected chi connectivity index (χ0v) is 12.9. The molecule has 0 aliphatic heterocycles. The molecular formula is C18H25N3. The second-order valence-electron chi connectivity index (χ2n) is 5.99. The molecule has 0 unspecified atom stereocenters. The SMILES string of the molecule is C/C=C/CCC1CCC(c2ccc(CN=[N+]=[N-])cc2)CC1. The predicted octanol–water partition coefficient (Wildman–Crippen LogP) is 6.13. The minimum atomic E-state index is 0.453. The van der Waals surface area contributed by atoms with Crippen molar-refractivity contribution in [3.63, 3.8) is 0 Å². The van der Waals surface area contributed by atoms with Crippen LogP contribution in [0.3, 0.4) is 0 Å². The van der Waals surface area contributed by atoms with E-state index in [0.717, 1.165) is 17.4 Å². The van der Waals surface area contributed by atoms with Gasteiger partial charge in [0.1, 0.15) is 0 Å². The molecule has 1 aliphatic rings. The molecule has 1 aromatic carbocycles. The monoisotopic (exact) mass is 283 g/mol. The van der Waals surface area contributed by atoms with E-state index in [4.69, 9.17) is 5.53 Å². The van der Waals surface area contributed by atoms with Crippen LogP contribution in [-0.4, -0.2) is 0 Å². The van der Waals surface area contributed by atoms with Gasteiger partial charge in [0.25, 0.3) is 0 Å². The lowest BCUT2D eigenvalue weighted by Gasteiger charge is -2.28. The molecule has 0 atom stereocenters. The summed E-state index contributed by atoms with van der Waals surface area (Å²) in [6.07, 6.45) is 12.4. The lowest BCUT2D eigenvalue weighted by molar-refractivity contribution is 0.312. The maximum atomic E-state index is 8.34. The second kappa shape index (κ2) is 8.53. The normalized spacial score (nSPS) is 22.1. The van der Waals surface area contributed by atoms with E-state index in [-0.39, 0.29) is 0 Å². The molecule has 2 rings (SSSR count). The quantitative estimate of drug-likeness (QED) is 0.261. The molecule has 0 heterocycles. The minimum absolute atomic E-state index is 0.453. The van der Waals surface area contributed by atoms with Gasteiger partial charge in [0.05, 0.1) is 6.54 Å². The number of hydrogen-bond donors (Lipinski definition) is 0. The van der Waals surface area contributed by atoms with Crippen LogP contribution in [0.2, 0.25) is 0 Å². The largest absolute Gasteiger partial charge is 0.0917 e. The number of nitrogens with zero attached hydrogens (tertiary/aromatic N) is 3. The van der Waals surface area contributed by atoms with E-state index >= 15 is 0 Å². The van der Waals surface area contributed by atoms with Crippen LogP contribution in [0.25, 0.3) is 10.4 Å². The van der Waals surface area contributed by atoms with Crippen molar-refractivity contribution in [3.05, 3.63) is 58.0 Å². The van der Waals surface area contributed by atoms with Gasteiger partial charge in [-0.25, -0.2) is 0 Å². The van der Waals surface area contributed by atoms with Crippen LogP contribution < -0.4 is 0 Å². The summed E-state index contributed by atoms with van der Waals surface area (Å²) in [5.74, 6) is 1.64. The first-order valence-corrected chi connectivity index (χ1v) is 8.04. The summed E-state index contributed by atoms with van der Waals surface area (Å²) in [4.78, 5) is 2.80. The minimum Gasteiger partial charge on any atom is -0.0917 e. The molecular weight excluding hydrogens is 258 g/mol. The summed E-state index contributed by atoms with van der Waals surface area (Å²) in [6.45, 7) is 2.55. The first-order valence-electron chi connectivity index (χ1n) is 8.04. The maximum absolute atomic E-state index is 8.34. The van der Waals surface area contributed by atoms with E-state index in [1.165, 1.54) is 44.1 Å². The molecule has 21 heavy (non-hydrogen) atoms. The Morgan fingerprint density at radius 2 is 1.90 bits per heavy atom. The molecule has 1 aromatic rings. The average Bonchev–Trinajstić information content (AvgIpc) is 2.54. The van der Waals surface area contributed by atoms with Crippen molar-refractivity contribution in [1.82, 2.24) is 0 Å². The van der Waals surface area contributed by atoms with Gasteiger partial charge in [0.15, 0.2) is 0 Å². The average molecular weight is 283 g/mol. The van der Waals surface area contributed by atoms with Crippen LogP contribution in [0.4, 0.5) is 0 Å². The molecule has 0 amide bonds. The van der Waals surface area contributed by atoms with Gasteiger partial charge in [0, 0.05) is 4.91 Å². The summed E-state index contributed by atoms with van der Waals surface area (Å²) in [7, 11) is 0. The van der Waals surface area contributed by atoms with Crippen molar-refractivity contribution in [2.45, 2.75) is 57.9 Å². The molecule has 0 N–H and O–H groups in total. The summed E-state index contributed by atoms with van der Waals surface area (Å²) in [5, 5.41) is 3.60. The van der Waals surface area contributed by atoms with Crippen molar-refractivity contribution in [1.29, 1.82) is 0 Å². The topological polar surface area (TPSA) is 48.8 Å². The van der Waals surface area contributed by atoms with Crippen molar-refractivity contribution in [2.75, 3.05) is 0 Å². The van der Waals surface area contributed by atoms with Crippen molar-refractivity contribution >= 4 is 0 Å². The van der Waals surface area contributed by atoms with Gasteiger partial charge >= 0.3 is 0 Å². The zero-order valence-electron chi connectivity index (χ0n) is 12.9. The molecule has 0 spiro atoms. The number of rotatable bonds is 6. The van der Waals surface area contributed by atoms with Crippen LogP contribution in [0, 0.1) is 5.92 Å². The third-order valence-electron chi connectivity index (χ3n) is 4.59. The van der Waals surface area contributed by atoms with Crippen LogP contribution in [0.5, 0.6) is 0 Å². The number of hydrogen-bond acceptors (Lipinski definition) is 1. The van der Waals surface area contributed by atoms with Crippen LogP contribution in [0.1, 0.15) is 62.5 Å². The molecule has 0 bridgehead atoms. The Bertz CT molecular complexity index is 490. The van der Waals surface area contributed by atoms with Gasteiger partial charge in [0.2, 0.25) is 0 Å². The van der Waals surface area contributed by atoms with Crippen LogP contribution in [-0.2, 0) is 6.54 Å². The highest BCUT2D eigenvalue weighted by atomic mass is 15.1. The fourth-order valence-electron chi connectivity index (χ4n) is 3.29. The molecule has 1 aliphatic carbocycles. The smallest absolute Gasteiger partial charge is 0.0510 e. The summed E-state index contributed by atoms with van der Waals surface area (Å²) < 4.78 is 0.